The molecule has 0 bridgehead atoms. The van der Waals surface area contributed by atoms with Gasteiger partial charge in [0.05, 0.1) is 0 Å². The van der Waals surface area contributed by atoms with Crippen molar-refractivity contribution in [3.05, 3.63) is 0 Å². The lowest BCUT2D eigenvalue weighted by atomic mass is 10.2. The first-order chi connectivity index (χ1) is 3.64. The van der Waals surface area contributed by atoms with Crippen LogP contribution in [0.2, 0.25) is 0 Å². The quantitative estimate of drug-likeness (QED) is 0.606. The van der Waals surface area contributed by atoms with Crippen LogP contribution in [0.15, 0.2) is 0 Å². The highest BCUT2D eigenvalue weighted by Gasteiger charge is 1.98. The van der Waals surface area contributed by atoms with Crippen LogP contribution < -0.4 is 5.73 Å². The summed E-state index contributed by atoms with van der Waals surface area (Å²) in [5.74, 6) is 0.617. The van der Waals surface area contributed by atoms with Crippen molar-refractivity contribution in [3.8, 4) is 0 Å². The molecule has 0 rings (SSSR count). The molecule has 0 aromatic rings. The largest absolute Gasteiger partial charge is 0.333 e. The minimum absolute atomic E-state index is 0. The number of halogens is 2. The number of rotatable bonds is 1. The molecule has 2 N–H and O–H groups in total. The maximum absolute atomic E-state index is 5.61. The maximum Gasteiger partial charge on any atom is 0.0330 e. The van der Waals surface area contributed by atoms with Crippen LogP contribution in [0, 0.1) is 5.92 Å². The Labute approximate surface area is 69.4 Å². The molecule has 0 aliphatic rings. The Morgan fingerprint density at radius 3 is 1.22 bits per heavy atom. The van der Waals surface area contributed by atoms with E-state index in [-0.39, 0.29) is 12.4 Å². The molecule has 0 saturated heterocycles. The molecule has 9 heavy (non-hydrogen) atoms. The number of hydrogen-bond acceptors (Lipinski definition) is 1. The van der Waals surface area contributed by atoms with Crippen molar-refractivity contribution in [1.29, 1.82) is 0 Å². The van der Waals surface area contributed by atoms with Gasteiger partial charge in [0.25, 0.3) is 0 Å². The summed E-state index contributed by atoms with van der Waals surface area (Å²) in [5.41, 5.74) is 4.50. The van der Waals surface area contributed by atoms with Crippen LogP contribution >= 0.6 is 24.0 Å². The van der Waals surface area contributed by atoms with Gasteiger partial charge in [-0.2, -0.15) is 0 Å². The summed E-state index contributed by atoms with van der Waals surface area (Å²) in [5, 5.41) is 0.324. The third-order valence-electron chi connectivity index (χ3n) is 0.919. The molecule has 1 atom stereocenters. The van der Waals surface area contributed by atoms with E-state index in [0.717, 1.165) is 0 Å². The molecule has 0 heterocycles. The topological polar surface area (TPSA) is 26.0 Å². The van der Waals surface area contributed by atoms with E-state index >= 15 is 0 Å². The standard InChI is InChI=1S/C5H11Cl.CH5N.ClH/c1-4(2)5(3)6;1-2;/h4-5H,1-3H3;2H2,1H3;1H. The lowest BCUT2D eigenvalue weighted by Crippen LogP contribution is -1.99. The van der Waals surface area contributed by atoms with E-state index in [1.165, 1.54) is 7.05 Å². The highest BCUT2D eigenvalue weighted by atomic mass is 35.5. The molecule has 0 fully saturated rings. The summed E-state index contributed by atoms with van der Waals surface area (Å²) in [6.07, 6.45) is 0. The second-order valence-corrected chi connectivity index (χ2v) is 2.61. The van der Waals surface area contributed by atoms with E-state index in [0.29, 0.717) is 11.3 Å². The summed E-state index contributed by atoms with van der Waals surface area (Å²) in [4.78, 5) is 0. The predicted molar refractivity (Wildman–Crippen MR) is 47.5 cm³/mol. The SMILES string of the molecule is CC(C)C(C)Cl.CN.Cl. The molecule has 0 aromatic heterocycles. The summed E-state index contributed by atoms with van der Waals surface area (Å²) >= 11 is 5.61. The van der Waals surface area contributed by atoms with Crippen LogP contribution in [0.3, 0.4) is 0 Å². The van der Waals surface area contributed by atoms with Gasteiger partial charge in [0.2, 0.25) is 0 Å². The van der Waals surface area contributed by atoms with Crippen LogP contribution in [0.4, 0.5) is 0 Å². The molecule has 3 heteroatoms. The third-order valence-corrected chi connectivity index (χ3v) is 1.42. The normalized spacial score (nSPS) is 11.0. The monoisotopic (exact) mass is 173 g/mol. The predicted octanol–water partition coefficient (Wildman–Crippen LogP) is 2.27. The Balaban J connectivity index is -0.000000109. The average Bonchev–Trinajstić information content (AvgIpc) is 1.72. The van der Waals surface area contributed by atoms with E-state index in [4.69, 9.17) is 11.6 Å². The molecule has 0 radical (unpaired) electrons. The summed E-state index contributed by atoms with van der Waals surface area (Å²) in [6, 6.07) is 0. The highest BCUT2D eigenvalue weighted by Crippen LogP contribution is 2.05. The van der Waals surface area contributed by atoms with Crippen molar-refractivity contribution in [2.45, 2.75) is 26.1 Å². The lowest BCUT2D eigenvalue weighted by molar-refractivity contribution is 0.635. The zero-order valence-electron chi connectivity index (χ0n) is 6.52. The molecule has 0 saturated carbocycles. The number of alkyl halides is 1. The Morgan fingerprint density at radius 1 is 1.11 bits per heavy atom. The van der Waals surface area contributed by atoms with Gasteiger partial charge in [-0.3, -0.25) is 0 Å². The molecule has 0 amide bonds. The van der Waals surface area contributed by atoms with Crippen molar-refractivity contribution < 1.29 is 0 Å². The molecule has 1 unspecified atom stereocenters. The Hall–Kier alpha value is 0.540. The molecule has 0 aliphatic carbocycles. The molecule has 0 spiro atoms. The van der Waals surface area contributed by atoms with Crippen LogP contribution in [-0.2, 0) is 0 Å². The van der Waals surface area contributed by atoms with Gasteiger partial charge in [-0.05, 0) is 19.9 Å². The van der Waals surface area contributed by atoms with Gasteiger partial charge < -0.3 is 5.73 Å². The zero-order valence-corrected chi connectivity index (χ0v) is 8.09. The Morgan fingerprint density at radius 2 is 1.22 bits per heavy atom. The van der Waals surface area contributed by atoms with Crippen molar-refractivity contribution in [3.63, 3.8) is 0 Å². The fourth-order valence-electron chi connectivity index (χ4n) is 0. The van der Waals surface area contributed by atoms with Gasteiger partial charge in [0, 0.05) is 5.38 Å². The smallest absolute Gasteiger partial charge is 0.0330 e. The van der Waals surface area contributed by atoms with E-state index in [1.807, 2.05) is 6.92 Å². The zero-order chi connectivity index (χ0) is 7.15. The first-order valence-electron chi connectivity index (χ1n) is 2.86. The number of hydrogen-bond donors (Lipinski definition) is 1. The first kappa shape index (κ1) is 16.3. The van der Waals surface area contributed by atoms with Crippen LogP contribution in [0.5, 0.6) is 0 Å². The van der Waals surface area contributed by atoms with E-state index < -0.39 is 0 Å². The Kier molecular flexibility index (Phi) is 20.5. The van der Waals surface area contributed by atoms with Crippen molar-refractivity contribution in [1.82, 2.24) is 0 Å². The highest BCUT2D eigenvalue weighted by molar-refractivity contribution is 6.20. The lowest BCUT2D eigenvalue weighted by Gasteiger charge is -2.02. The summed E-state index contributed by atoms with van der Waals surface area (Å²) in [7, 11) is 1.50. The van der Waals surface area contributed by atoms with Crippen molar-refractivity contribution >= 4 is 24.0 Å². The fourth-order valence-corrected chi connectivity index (χ4v) is 0. The molecule has 0 aliphatic heterocycles. The number of nitrogens with two attached hydrogens (primary N) is 1. The van der Waals surface area contributed by atoms with Gasteiger partial charge in [-0.1, -0.05) is 13.8 Å². The van der Waals surface area contributed by atoms with Crippen LogP contribution in [0.1, 0.15) is 20.8 Å². The van der Waals surface area contributed by atoms with Gasteiger partial charge in [0.1, 0.15) is 0 Å². The molecular weight excluding hydrogens is 157 g/mol. The average molecular weight is 174 g/mol. The van der Waals surface area contributed by atoms with Gasteiger partial charge in [-0.25, -0.2) is 0 Å². The van der Waals surface area contributed by atoms with E-state index in [1.54, 1.807) is 0 Å². The van der Waals surface area contributed by atoms with E-state index in [9.17, 15) is 0 Å². The molecule has 0 aromatic carbocycles. The van der Waals surface area contributed by atoms with Crippen LogP contribution in [-0.4, -0.2) is 12.4 Å². The van der Waals surface area contributed by atoms with Crippen molar-refractivity contribution in [2.75, 3.05) is 7.05 Å². The van der Waals surface area contributed by atoms with E-state index in [2.05, 4.69) is 19.6 Å². The van der Waals surface area contributed by atoms with Gasteiger partial charge in [0.15, 0.2) is 0 Å². The summed E-state index contributed by atoms with van der Waals surface area (Å²) < 4.78 is 0. The molecule has 1 nitrogen and oxygen atoms in total. The maximum atomic E-state index is 5.61. The molecular formula is C6H17Cl2N. The van der Waals surface area contributed by atoms with Gasteiger partial charge in [-0.15, -0.1) is 24.0 Å². The first-order valence-corrected chi connectivity index (χ1v) is 3.30. The minimum Gasteiger partial charge on any atom is -0.333 e. The second-order valence-electron chi connectivity index (χ2n) is 1.92. The molecule has 60 valence electrons. The van der Waals surface area contributed by atoms with Crippen LogP contribution in [0.25, 0.3) is 0 Å². The van der Waals surface area contributed by atoms with Gasteiger partial charge >= 0.3 is 0 Å². The van der Waals surface area contributed by atoms with Crippen molar-refractivity contribution in [2.24, 2.45) is 11.7 Å². The third kappa shape index (κ3) is 17.7. The fraction of sp³-hybridized carbons (Fsp3) is 1.00. The summed E-state index contributed by atoms with van der Waals surface area (Å²) in [6.45, 7) is 6.22. The Bertz CT molecular complexity index is 32.0. The minimum atomic E-state index is 0. The second kappa shape index (κ2) is 11.4.